The lowest BCUT2D eigenvalue weighted by Gasteiger charge is -2.24. The molecule has 0 amide bonds. The lowest BCUT2D eigenvalue weighted by molar-refractivity contribution is -0.220. The van der Waals surface area contributed by atoms with Crippen molar-refractivity contribution in [2.45, 2.75) is 32.7 Å². The third kappa shape index (κ3) is 7.43. The van der Waals surface area contributed by atoms with Gasteiger partial charge in [0.25, 0.3) is 0 Å². The summed E-state index contributed by atoms with van der Waals surface area (Å²) in [5, 5.41) is 0. The van der Waals surface area contributed by atoms with E-state index in [0.717, 1.165) is 18.3 Å². The number of aldehydes is 1. The van der Waals surface area contributed by atoms with Gasteiger partial charge in [0.2, 0.25) is 0 Å². The molecule has 1 atom stereocenters. The normalized spacial score (nSPS) is 14.9. The van der Waals surface area contributed by atoms with Crippen molar-refractivity contribution in [3.8, 4) is 0 Å². The molecule has 0 bridgehead atoms. The number of benzene rings is 1. The van der Waals surface area contributed by atoms with E-state index in [4.69, 9.17) is 18.3 Å². The van der Waals surface area contributed by atoms with Crippen LogP contribution in [0.25, 0.3) is 0 Å². The molecule has 0 aromatic heterocycles. The lowest BCUT2D eigenvalue weighted by atomic mass is 10.00. The Morgan fingerprint density at radius 3 is 2.05 bits per heavy atom. The van der Waals surface area contributed by atoms with Gasteiger partial charge in [-0.25, -0.2) is 0 Å². The Bertz CT molecular complexity index is 403. The monoisotopic (exact) mass is 342 g/mol. The summed E-state index contributed by atoms with van der Waals surface area (Å²) in [6.45, 7) is 6.73. The molecule has 1 aromatic carbocycles. The van der Waals surface area contributed by atoms with Gasteiger partial charge in [-0.3, -0.25) is 4.79 Å². The van der Waals surface area contributed by atoms with Gasteiger partial charge in [0.15, 0.2) is 25.8 Å². The van der Waals surface area contributed by atoms with Crippen LogP contribution in [0.5, 0.6) is 0 Å². The Balaban J connectivity index is 2.55. The molecule has 1 rings (SSSR count). The molecular weight excluding hydrogens is 316 g/mol. The second-order valence-electron chi connectivity index (χ2n) is 4.96. The molecule has 0 fully saturated rings. The van der Waals surface area contributed by atoms with Gasteiger partial charge in [-0.1, -0.05) is 44.3 Å². The maximum absolute atomic E-state index is 10.7. The van der Waals surface area contributed by atoms with E-state index in [1.165, 1.54) is 0 Å². The first-order valence-electron chi connectivity index (χ1n) is 7.64. The Morgan fingerprint density at radius 2 is 1.59 bits per heavy atom. The van der Waals surface area contributed by atoms with Crippen molar-refractivity contribution in [2.75, 3.05) is 13.6 Å². The van der Waals surface area contributed by atoms with Crippen molar-refractivity contribution in [3.05, 3.63) is 35.4 Å². The average molecular weight is 343 g/mol. The number of hydrogen-bond donors (Lipinski definition) is 0. The first-order valence-corrected chi connectivity index (χ1v) is 11.6. The fraction of sp³-hybridized carbons (Fsp3) is 0.533. The van der Waals surface area contributed by atoms with Crippen LogP contribution in [0.2, 0.25) is 13.1 Å². The molecule has 1 unspecified atom stereocenters. The number of rotatable bonds is 12. The average Bonchev–Trinajstić information content (AvgIpc) is 2.54. The number of carbonyl (C=O) groups excluding carboxylic acids is 1. The molecule has 0 aliphatic rings. The van der Waals surface area contributed by atoms with E-state index in [-0.39, 0.29) is 25.8 Å². The van der Waals surface area contributed by atoms with Crippen molar-refractivity contribution in [2.24, 2.45) is 5.92 Å². The van der Waals surface area contributed by atoms with Crippen molar-refractivity contribution in [3.63, 3.8) is 0 Å². The molecule has 0 saturated carbocycles. The first kappa shape index (κ1) is 19.2. The minimum atomic E-state index is -0.479. The molecule has 1 aromatic rings. The van der Waals surface area contributed by atoms with Crippen LogP contribution in [0, 0.1) is 5.92 Å². The molecule has 0 saturated heterocycles. The van der Waals surface area contributed by atoms with Gasteiger partial charge in [0.1, 0.15) is 19.9 Å². The topological polar surface area (TPSA) is 54.0 Å². The van der Waals surface area contributed by atoms with Gasteiger partial charge >= 0.3 is 0 Å². The van der Waals surface area contributed by atoms with Crippen LogP contribution in [0.1, 0.15) is 22.8 Å². The first-order chi connectivity index (χ1) is 10.7. The molecule has 0 radical (unpaired) electrons. The van der Waals surface area contributed by atoms with E-state index in [9.17, 15) is 4.79 Å². The molecule has 0 spiro atoms. The maximum Gasteiger partial charge on any atom is 0.166 e. The van der Waals surface area contributed by atoms with Crippen LogP contribution in [-0.2, 0) is 24.7 Å². The highest BCUT2D eigenvalue weighted by Gasteiger charge is 2.19. The van der Waals surface area contributed by atoms with Crippen LogP contribution < -0.4 is 0 Å². The van der Waals surface area contributed by atoms with Gasteiger partial charge in [-0.15, -0.1) is 0 Å². The second-order valence-corrected chi connectivity index (χ2v) is 6.94. The Morgan fingerprint density at radius 1 is 1.05 bits per heavy atom. The maximum atomic E-state index is 10.7. The molecule has 0 heterocycles. The quantitative estimate of drug-likeness (QED) is 0.248. The van der Waals surface area contributed by atoms with Gasteiger partial charge in [0.05, 0.1) is 0 Å². The van der Waals surface area contributed by atoms with E-state index in [1.807, 2.05) is 24.3 Å². The van der Waals surface area contributed by atoms with Crippen LogP contribution in [0.4, 0.5) is 0 Å². The SMILES string of the molecule is C[SiH2]OCOC(OCO[SiH2]C)C(C)Cc1ccc(C=O)cc1. The van der Waals surface area contributed by atoms with Gasteiger partial charge in [0, 0.05) is 11.5 Å². The summed E-state index contributed by atoms with van der Waals surface area (Å²) in [5.41, 5.74) is 1.83. The van der Waals surface area contributed by atoms with Crippen molar-refractivity contribution >= 4 is 25.8 Å². The predicted octanol–water partition coefficient (Wildman–Crippen LogP) is 1.25. The zero-order valence-electron chi connectivity index (χ0n) is 13.6. The largest absolute Gasteiger partial charge is 0.402 e. The molecule has 5 nitrogen and oxygen atoms in total. The summed E-state index contributed by atoms with van der Waals surface area (Å²) in [6.07, 6.45) is 1.30. The highest BCUT2D eigenvalue weighted by Crippen LogP contribution is 2.16. The zero-order chi connectivity index (χ0) is 16.2. The molecule has 124 valence electrons. The molecular formula is C15H26O5Si2. The Kier molecular flexibility index (Phi) is 10.2. The molecule has 0 aliphatic carbocycles. The minimum absolute atomic E-state index is 0.159. The van der Waals surface area contributed by atoms with E-state index in [1.54, 1.807) is 0 Å². The van der Waals surface area contributed by atoms with E-state index < -0.39 is 19.5 Å². The minimum Gasteiger partial charge on any atom is -0.402 e. The van der Waals surface area contributed by atoms with Gasteiger partial charge < -0.3 is 18.3 Å². The molecule has 0 N–H and O–H groups in total. The van der Waals surface area contributed by atoms with Crippen LogP contribution >= 0.6 is 0 Å². The molecule has 22 heavy (non-hydrogen) atoms. The van der Waals surface area contributed by atoms with Crippen LogP contribution in [-0.4, -0.2) is 45.7 Å². The van der Waals surface area contributed by atoms with Crippen LogP contribution in [0.15, 0.2) is 24.3 Å². The summed E-state index contributed by atoms with van der Waals surface area (Å²) in [4.78, 5) is 10.7. The highest BCUT2D eigenvalue weighted by molar-refractivity contribution is 6.24. The van der Waals surface area contributed by atoms with Crippen molar-refractivity contribution in [1.29, 1.82) is 0 Å². The third-order valence-electron chi connectivity index (χ3n) is 3.18. The van der Waals surface area contributed by atoms with E-state index in [0.29, 0.717) is 5.56 Å². The van der Waals surface area contributed by atoms with E-state index in [2.05, 4.69) is 20.0 Å². The van der Waals surface area contributed by atoms with E-state index >= 15 is 0 Å². The smallest absolute Gasteiger partial charge is 0.166 e. The molecule has 0 aliphatic heterocycles. The number of ether oxygens (including phenoxy) is 2. The predicted molar refractivity (Wildman–Crippen MR) is 91.4 cm³/mol. The Labute approximate surface area is 137 Å². The second kappa shape index (κ2) is 11.7. The highest BCUT2D eigenvalue weighted by atomic mass is 28.2. The third-order valence-corrected chi connectivity index (χ3v) is 4.33. The summed E-state index contributed by atoms with van der Waals surface area (Å²) in [6, 6.07) is 7.57. The van der Waals surface area contributed by atoms with Crippen molar-refractivity contribution in [1.82, 2.24) is 0 Å². The lowest BCUT2D eigenvalue weighted by Crippen LogP contribution is -2.29. The summed E-state index contributed by atoms with van der Waals surface area (Å²) < 4.78 is 22.1. The fourth-order valence-corrected chi connectivity index (χ4v) is 2.50. The standard InChI is InChI=1S/C15H26O5Si2/c1-12(8-13-4-6-14(9-16)7-5-13)15(17-10-19-21-2)18-11-20-22-3/h4-7,9,12,15H,8,10-11,21-22H2,1-3H3. The summed E-state index contributed by atoms with van der Waals surface area (Å²) in [7, 11) is -0.959. The number of carbonyl (C=O) groups is 1. The number of hydrogen-bond acceptors (Lipinski definition) is 5. The van der Waals surface area contributed by atoms with Gasteiger partial charge in [-0.05, 0) is 12.0 Å². The fourth-order valence-electron chi connectivity index (χ4n) is 1.97. The van der Waals surface area contributed by atoms with Gasteiger partial charge in [-0.2, -0.15) is 0 Å². The van der Waals surface area contributed by atoms with Crippen LogP contribution in [0.3, 0.4) is 0 Å². The molecule has 7 heteroatoms. The van der Waals surface area contributed by atoms with Crippen molar-refractivity contribution < 1.29 is 23.1 Å². The zero-order valence-corrected chi connectivity index (χ0v) is 16.4. The Hall–Kier alpha value is -0.836. The summed E-state index contributed by atoms with van der Waals surface area (Å²) >= 11 is 0. The summed E-state index contributed by atoms with van der Waals surface area (Å²) in [5.74, 6) is 0.159.